The highest BCUT2D eigenvalue weighted by Gasteiger charge is 2.14. The molecule has 7 heteroatoms. The van der Waals surface area contributed by atoms with Crippen molar-refractivity contribution in [1.29, 1.82) is 0 Å². The topological polar surface area (TPSA) is 35.0 Å². The summed E-state index contributed by atoms with van der Waals surface area (Å²) in [5, 5.41) is 0. The molecule has 0 aliphatic rings. The van der Waals surface area contributed by atoms with E-state index in [9.17, 15) is 8.78 Å². The maximum Gasteiger partial charge on any atom is 0.235 e. The summed E-state index contributed by atoms with van der Waals surface area (Å²) in [7, 11) is 0. The lowest BCUT2D eigenvalue weighted by atomic mass is 10.3. The van der Waals surface area contributed by atoms with Crippen LogP contribution in [0.3, 0.4) is 0 Å². The molecule has 2 rings (SSSR count). The van der Waals surface area contributed by atoms with Crippen LogP contribution in [0, 0.1) is 15.2 Å². The molecule has 1 heterocycles. The highest BCUT2D eigenvalue weighted by atomic mass is 127. The van der Waals surface area contributed by atoms with E-state index < -0.39 is 11.6 Å². The van der Waals surface area contributed by atoms with Crippen LogP contribution >= 0.6 is 38.5 Å². The van der Waals surface area contributed by atoms with E-state index in [1.165, 1.54) is 18.6 Å². The normalized spacial score (nSPS) is 10.4. The molecule has 3 nitrogen and oxygen atoms in total. The second kappa shape index (κ2) is 5.21. The van der Waals surface area contributed by atoms with Crippen molar-refractivity contribution < 1.29 is 13.5 Å². The van der Waals surface area contributed by atoms with E-state index >= 15 is 0 Å². The Kier molecular flexibility index (Phi) is 3.87. The maximum absolute atomic E-state index is 13.4. The van der Waals surface area contributed by atoms with Crippen molar-refractivity contribution in [3.05, 3.63) is 44.3 Å². The predicted octanol–water partition coefficient (Wildman–Crippen LogP) is 3.91. The van der Waals surface area contributed by atoms with Crippen LogP contribution in [0.5, 0.6) is 11.6 Å². The van der Waals surface area contributed by atoms with E-state index in [-0.39, 0.29) is 11.6 Å². The number of nitrogens with zero attached hydrogens (tertiary/aromatic N) is 2. The van der Waals surface area contributed by atoms with Gasteiger partial charge in [-0.05, 0) is 34.7 Å². The van der Waals surface area contributed by atoms with Crippen molar-refractivity contribution in [3.63, 3.8) is 0 Å². The van der Waals surface area contributed by atoms with E-state index in [4.69, 9.17) is 4.74 Å². The summed E-state index contributed by atoms with van der Waals surface area (Å²) in [6.45, 7) is 0. The number of hydrogen-bond acceptors (Lipinski definition) is 3. The summed E-state index contributed by atoms with van der Waals surface area (Å²) in [6.07, 6.45) is 2.78. The van der Waals surface area contributed by atoms with Crippen LogP contribution in [-0.4, -0.2) is 9.97 Å². The zero-order valence-electron chi connectivity index (χ0n) is 8.12. The average molecular weight is 413 g/mol. The van der Waals surface area contributed by atoms with Gasteiger partial charge < -0.3 is 4.74 Å². The molecule has 0 radical (unpaired) electrons. The van der Waals surface area contributed by atoms with Gasteiger partial charge in [-0.25, -0.2) is 14.4 Å². The van der Waals surface area contributed by atoms with Crippen LogP contribution in [-0.2, 0) is 0 Å². The minimum Gasteiger partial charge on any atom is -0.435 e. The molecule has 0 spiro atoms. The Labute approximate surface area is 118 Å². The fraction of sp³-hybridized carbons (Fsp3) is 0. The maximum atomic E-state index is 13.4. The molecule has 17 heavy (non-hydrogen) atoms. The van der Waals surface area contributed by atoms with E-state index in [2.05, 4.69) is 25.9 Å². The minimum atomic E-state index is -1.05. The first-order valence-electron chi connectivity index (χ1n) is 4.36. The van der Waals surface area contributed by atoms with Gasteiger partial charge in [-0.2, -0.15) is 4.39 Å². The second-order valence-electron chi connectivity index (χ2n) is 2.98. The Balaban J connectivity index is 2.40. The first-order chi connectivity index (χ1) is 8.08. The van der Waals surface area contributed by atoms with Crippen LogP contribution in [0.15, 0.2) is 29.1 Å². The molecule has 0 unspecified atom stereocenters. The van der Waals surface area contributed by atoms with Gasteiger partial charge in [-0.3, -0.25) is 0 Å². The Hall–Kier alpha value is -0.830. The van der Waals surface area contributed by atoms with Crippen molar-refractivity contribution in [2.45, 2.75) is 0 Å². The van der Waals surface area contributed by atoms with Gasteiger partial charge in [0.05, 0.1) is 3.57 Å². The Morgan fingerprint density at radius 1 is 1.29 bits per heavy atom. The molecule has 1 aromatic carbocycles. The first kappa shape index (κ1) is 12.6. The molecule has 88 valence electrons. The van der Waals surface area contributed by atoms with Crippen molar-refractivity contribution in [2.75, 3.05) is 0 Å². The van der Waals surface area contributed by atoms with Crippen molar-refractivity contribution >= 4 is 38.5 Å². The molecule has 0 aliphatic heterocycles. The molecular weight excluding hydrogens is 409 g/mol. The summed E-state index contributed by atoms with van der Waals surface area (Å²) in [5.74, 6) is -2.09. The van der Waals surface area contributed by atoms with E-state index in [0.717, 1.165) is 6.07 Å². The minimum absolute atomic E-state index is 0.178. The number of rotatable bonds is 2. The van der Waals surface area contributed by atoms with E-state index in [1.807, 2.05) is 22.6 Å². The zero-order chi connectivity index (χ0) is 12.4. The van der Waals surface area contributed by atoms with Gasteiger partial charge in [0.25, 0.3) is 0 Å². The lowest BCUT2D eigenvalue weighted by molar-refractivity contribution is 0.402. The van der Waals surface area contributed by atoms with Crippen LogP contribution in [0.25, 0.3) is 0 Å². The summed E-state index contributed by atoms with van der Waals surface area (Å²) >= 11 is 5.00. The lowest BCUT2D eigenvalue weighted by Gasteiger charge is -2.07. The monoisotopic (exact) mass is 412 g/mol. The number of halogens is 4. The van der Waals surface area contributed by atoms with Crippen molar-refractivity contribution in [2.24, 2.45) is 0 Å². The van der Waals surface area contributed by atoms with Crippen molar-refractivity contribution in [3.8, 4) is 11.6 Å². The summed E-state index contributed by atoms with van der Waals surface area (Å²) in [6, 6.07) is 2.35. The van der Waals surface area contributed by atoms with Crippen LogP contribution < -0.4 is 4.74 Å². The summed E-state index contributed by atoms with van der Waals surface area (Å²) < 4.78 is 32.7. The first-order valence-corrected chi connectivity index (χ1v) is 6.23. The number of benzene rings is 1. The largest absolute Gasteiger partial charge is 0.435 e. The summed E-state index contributed by atoms with van der Waals surface area (Å²) in [5.41, 5.74) is 0. The third-order valence-electron chi connectivity index (χ3n) is 1.80. The Morgan fingerprint density at radius 2 is 2.06 bits per heavy atom. The molecule has 0 fully saturated rings. The molecule has 0 aliphatic carbocycles. The quantitative estimate of drug-likeness (QED) is 0.554. The van der Waals surface area contributed by atoms with Crippen LogP contribution in [0.4, 0.5) is 8.78 Å². The van der Waals surface area contributed by atoms with Gasteiger partial charge in [0.2, 0.25) is 11.7 Å². The smallest absolute Gasteiger partial charge is 0.235 e. The Morgan fingerprint density at radius 3 is 2.76 bits per heavy atom. The van der Waals surface area contributed by atoms with E-state index in [0.29, 0.717) is 8.04 Å². The molecule has 0 amide bonds. The highest BCUT2D eigenvalue weighted by molar-refractivity contribution is 14.1. The van der Waals surface area contributed by atoms with E-state index in [1.54, 1.807) is 0 Å². The molecule has 0 atom stereocenters. The molecular formula is C10H4BrF2IN2O. The average Bonchev–Trinajstić information content (AvgIpc) is 2.28. The summed E-state index contributed by atoms with van der Waals surface area (Å²) in [4.78, 5) is 7.60. The zero-order valence-corrected chi connectivity index (χ0v) is 11.9. The van der Waals surface area contributed by atoms with Crippen LogP contribution in [0.1, 0.15) is 0 Å². The van der Waals surface area contributed by atoms with Gasteiger partial charge in [0.15, 0.2) is 11.6 Å². The lowest BCUT2D eigenvalue weighted by Crippen LogP contribution is -1.96. The Bertz CT molecular complexity index is 568. The molecule has 2 aromatic rings. The molecule has 0 saturated heterocycles. The molecule has 0 N–H and O–H groups in total. The third kappa shape index (κ3) is 2.89. The molecule has 0 bridgehead atoms. The molecule has 1 aromatic heterocycles. The number of aromatic nitrogens is 2. The number of ether oxygens (including phenoxy) is 1. The SMILES string of the molecule is Fc1cc(Br)cc(Oc2ncncc2I)c1F. The van der Waals surface area contributed by atoms with Crippen molar-refractivity contribution in [1.82, 2.24) is 9.97 Å². The fourth-order valence-electron chi connectivity index (χ4n) is 1.09. The van der Waals surface area contributed by atoms with Gasteiger partial charge >= 0.3 is 0 Å². The van der Waals surface area contributed by atoms with Gasteiger partial charge in [-0.15, -0.1) is 0 Å². The third-order valence-corrected chi connectivity index (χ3v) is 3.00. The van der Waals surface area contributed by atoms with Gasteiger partial charge in [0, 0.05) is 10.7 Å². The molecule has 0 saturated carbocycles. The highest BCUT2D eigenvalue weighted by Crippen LogP contribution is 2.30. The second-order valence-corrected chi connectivity index (χ2v) is 5.06. The van der Waals surface area contributed by atoms with Gasteiger partial charge in [-0.1, -0.05) is 15.9 Å². The number of hydrogen-bond donors (Lipinski definition) is 0. The fourth-order valence-corrected chi connectivity index (χ4v) is 1.91. The van der Waals surface area contributed by atoms with Crippen LogP contribution in [0.2, 0.25) is 0 Å². The predicted molar refractivity (Wildman–Crippen MR) is 68.9 cm³/mol. The van der Waals surface area contributed by atoms with Gasteiger partial charge in [0.1, 0.15) is 6.33 Å². The standard InChI is InChI=1S/C10H4BrF2IN2O/c11-5-1-6(12)9(13)8(2-5)17-10-7(14)3-15-4-16-10/h1-4H.